The van der Waals surface area contributed by atoms with Crippen LogP contribution in [0, 0.1) is 5.92 Å². The maximum atomic E-state index is 12.1. The molecule has 5 nitrogen and oxygen atoms in total. The number of urea groups is 1. The highest BCUT2D eigenvalue weighted by molar-refractivity contribution is 5.76. The van der Waals surface area contributed by atoms with Crippen molar-refractivity contribution in [1.29, 1.82) is 0 Å². The maximum Gasteiger partial charge on any atom is 0.320 e. The van der Waals surface area contributed by atoms with Gasteiger partial charge in [0.1, 0.15) is 0 Å². The molecule has 1 heterocycles. The minimum absolute atomic E-state index is 0.0449. The molecule has 1 fully saturated rings. The SMILES string of the molecule is CCCN(C(=O)N1CC(CC(=O)O)C1)C(C)C. The van der Waals surface area contributed by atoms with Crippen molar-refractivity contribution in [2.75, 3.05) is 19.6 Å². The number of hydrogen-bond donors (Lipinski definition) is 1. The first-order chi connectivity index (χ1) is 7.95. The number of carboxylic acids is 1. The molecule has 1 saturated heterocycles. The summed E-state index contributed by atoms with van der Waals surface area (Å²) >= 11 is 0. The van der Waals surface area contributed by atoms with Crippen LogP contribution in [0.1, 0.15) is 33.6 Å². The van der Waals surface area contributed by atoms with Crippen LogP contribution in [0.15, 0.2) is 0 Å². The summed E-state index contributed by atoms with van der Waals surface area (Å²) in [6, 6.07) is 0.240. The molecule has 1 N–H and O–H groups in total. The normalized spacial score (nSPS) is 15.9. The van der Waals surface area contributed by atoms with Crippen LogP contribution in [-0.4, -0.2) is 52.6 Å². The summed E-state index contributed by atoms with van der Waals surface area (Å²) in [5, 5.41) is 8.64. The third kappa shape index (κ3) is 3.61. The molecule has 0 aromatic rings. The number of aliphatic carboxylic acids is 1. The minimum Gasteiger partial charge on any atom is -0.481 e. The van der Waals surface area contributed by atoms with E-state index in [0.29, 0.717) is 13.1 Å². The Kier molecular flexibility index (Phi) is 4.78. The second kappa shape index (κ2) is 5.89. The van der Waals surface area contributed by atoms with E-state index in [2.05, 4.69) is 0 Å². The van der Waals surface area contributed by atoms with Crippen LogP contribution in [0.4, 0.5) is 4.79 Å². The van der Waals surface area contributed by atoms with Crippen molar-refractivity contribution in [2.24, 2.45) is 5.92 Å². The number of carbonyl (C=O) groups is 2. The van der Waals surface area contributed by atoms with Gasteiger partial charge in [0, 0.05) is 31.6 Å². The molecule has 17 heavy (non-hydrogen) atoms. The fourth-order valence-corrected chi connectivity index (χ4v) is 2.10. The molecule has 1 aliphatic rings. The van der Waals surface area contributed by atoms with E-state index in [0.717, 1.165) is 13.0 Å². The van der Waals surface area contributed by atoms with Crippen molar-refractivity contribution in [1.82, 2.24) is 9.80 Å². The van der Waals surface area contributed by atoms with Crippen molar-refractivity contribution in [3.05, 3.63) is 0 Å². The Morgan fingerprint density at radius 1 is 1.41 bits per heavy atom. The molecule has 5 heteroatoms. The molecular weight excluding hydrogens is 220 g/mol. The number of carbonyl (C=O) groups excluding carboxylic acids is 1. The van der Waals surface area contributed by atoms with Crippen molar-refractivity contribution in [3.8, 4) is 0 Å². The zero-order chi connectivity index (χ0) is 13.0. The van der Waals surface area contributed by atoms with Crippen molar-refractivity contribution in [2.45, 2.75) is 39.7 Å². The molecule has 0 aliphatic carbocycles. The van der Waals surface area contributed by atoms with Gasteiger partial charge < -0.3 is 14.9 Å². The van der Waals surface area contributed by atoms with E-state index in [1.54, 1.807) is 4.90 Å². The van der Waals surface area contributed by atoms with Crippen molar-refractivity contribution in [3.63, 3.8) is 0 Å². The van der Waals surface area contributed by atoms with Crippen LogP contribution < -0.4 is 0 Å². The van der Waals surface area contributed by atoms with E-state index in [1.165, 1.54) is 0 Å². The predicted molar refractivity (Wildman–Crippen MR) is 64.8 cm³/mol. The monoisotopic (exact) mass is 242 g/mol. The van der Waals surface area contributed by atoms with Gasteiger partial charge in [-0.2, -0.15) is 0 Å². The van der Waals surface area contributed by atoms with E-state index in [9.17, 15) is 9.59 Å². The molecule has 1 rings (SSSR count). The first kappa shape index (κ1) is 13.8. The number of carboxylic acid groups (broad SMARTS) is 1. The molecular formula is C12H22N2O3. The average molecular weight is 242 g/mol. The molecule has 1 aliphatic heterocycles. The zero-order valence-electron chi connectivity index (χ0n) is 10.8. The summed E-state index contributed by atoms with van der Waals surface area (Å²) in [6.45, 7) is 7.98. The summed E-state index contributed by atoms with van der Waals surface area (Å²) in [4.78, 5) is 26.2. The number of rotatable bonds is 5. The van der Waals surface area contributed by atoms with Gasteiger partial charge in [0.15, 0.2) is 0 Å². The standard InChI is InChI=1S/C12H22N2O3/c1-4-5-14(9(2)3)12(17)13-7-10(8-13)6-11(15)16/h9-10H,4-8H2,1-3H3,(H,15,16). The van der Waals surface area contributed by atoms with Gasteiger partial charge in [-0.25, -0.2) is 4.79 Å². The zero-order valence-corrected chi connectivity index (χ0v) is 10.8. The van der Waals surface area contributed by atoms with Crippen molar-refractivity contribution < 1.29 is 14.7 Å². The van der Waals surface area contributed by atoms with Crippen LogP contribution in [0.3, 0.4) is 0 Å². The predicted octanol–water partition coefficient (Wildman–Crippen LogP) is 1.63. The highest BCUT2D eigenvalue weighted by Gasteiger charge is 2.34. The largest absolute Gasteiger partial charge is 0.481 e. The second-order valence-electron chi connectivity index (χ2n) is 4.94. The van der Waals surface area contributed by atoms with Crippen LogP contribution in [0.5, 0.6) is 0 Å². The van der Waals surface area contributed by atoms with Crippen molar-refractivity contribution >= 4 is 12.0 Å². The lowest BCUT2D eigenvalue weighted by atomic mass is 9.97. The first-order valence-corrected chi connectivity index (χ1v) is 6.23. The Morgan fingerprint density at radius 3 is 2.41 bits per heavy atom. The highest BCUT2D eigenvalue weighted by Crippen LogP contribution is 2.21. The molecule has 0 unspecified atom stereocenters. The maximum absolute atomic E-state index is 12.1. The van der Waals surface area contributed by atoms with Gasteiger partial charge in [-0.05, 0) is 20.3 Å². The van der Waals surface area contributed by atoms with Crippen LogP contribution in [0.2, 0.25) is 0 Å². The lowest BCUT2D eigenvalue weighted by molar-refractivity contribution is -0.139. The van der Waals surface area contributed by atoms with E-state index in [4.69, 9.17) is 5.11 Å². The number of amides is 2. The number of nitrogens with zero attached hydrogens (tertiary/aromatic N) is 2. The van der Waals surface area contributed by atoms with E-state index >= 15 is 0 Å². The highest BCUT2D eigenvalue weighted by atomic mass is 16.4. The molecule has 0 bridgehead atoms. The van der Waals surface area contributed by atoms with Gasteiger partial charge in [0.05, 0.1) is 6.42 Å². The van der Waals surface area contributed by atoms with E-state index in [-0.39, 0.29) is 24.4 Å². The molecule has 0 saturated carbocycles. The van der Waals surface area contributed by atoms with Gasteiger partial charge in [0.25, 0.3) is 0 Å². The fraction of sp³-hybridized carbons (Fsp3) is 0.833. The fourth-order valence-electron chi connectivity index (χ4n) is 2.10. The van der Waals surface area contributed by atoms with Crippen LogP contribution in [-0.2, 0) is 4.79 Å². The van der Waals surface area contributed by atoms with E-state index in [1.807, 2.05) is 25.7 Å². The van der Waals surface area contributed by atoms with Gasteiger partial charge in [0.2, 0.25) is 0 Å². The molecule has 0 spiro atoms. The number of likely N-dealkylation sites (tertiary alicyclic amines) is 1. The van der Waals surface area contributed by atoms with Gasteiger partial charge in [-0.15, -0.1) is 0 Å². The van der Waals surface area contributed by atoms with Gasteiger partial charge >= 0.3 is 12.0 Å². The minimum atomic E-state index is -0.781. The average Bonchev–Trinajstić information content (AvgIpc) is 2.17. The molecule has 2 amide bonds. The van der Waals surface area contributed by atoms with Crippen LogP contribution >= 0.6 is 0 Å². The summed E-state index contributed by atoms with van der Waals surface area (Å²) in [6.07, 6.45) is 1.11. The molecule has 0 radical (unpaired) electrons. The molecule has 98 valence electrons. The summed E-state index contributed by atoms with van der Waals surface area (Å²) in [5.41, 5.74) is 0. The summed E-state index contributed by atoms with van der Waals surface area (Å²) in [7, 11) is 0. The molecule has 0 atom stereocenters. The Labute approximate surface area is 102 Å². The first-order valence-electron chi connectivity index (χ1n) is 6.23. The Hall–Kier alpha value is -1.26. The lowest BCUT2D eigenvalue weighted by Crippen LogP contribution is -2.56. The summed E-state index contributed by atoms with van der Waals surface area (Å²) in [5.74, 6) is -0.650. The van der Waals surface area contributed by atoms with Crippen LogP contribution in [0.25, 0.3) is 0 Å². The van der Waals surface area contributed by atoms with Gasteiger partial charge in [-0.3, -0.25) is 4.79 Å². The smallest absolute Gasteiger partial charge is 0.320 e. The lowest BCUT2D eigenvalue weighted by Gasteiger charge is -2.42. The Bertz CT molecular complexity index is 285. The van der Waals surface area contributed by atoms with E-state index < -0.39 is 5.97 Å². The number of hydrogen-bond acceptors (Lipinski definition) is 2. The Balaban J connectivity index is 2.41. The second-order valence-corrected chi connectivity index (χ2v) is 4.94. The summed E-state index contributed by atoms with van der Waals surface area (Å²) < 4.78 is 0. The molecule has 0 aromatic carbocycles. The quantitative estimate of drug-likeness (QED) is 0.797. The third-order valence-corrected chi connectivity index (χ3v) is 3.02. The Morgan fingerprint density at radius 2 is 2.00 bits per heavy atom. The van der Waals surface area contributed by atoms with Gasteiger partial charge in [-0.1, -0.05) is 6.92 Å². The third-order valence-electron chi connectivity index (χ3n) is 3.02. The molecule has 0 aromatic heterocycles. The topological polar surface area (TPSA) is 60.9 Å².